The second-order valence-electron chi connectivity index (χ2n) is 5.58. The normalized spacial score (nSPS) is 12.6. The van der Waals surface area contributed by atoms with E-state index in [1.54, 1.807) is 57.2 Å². The number of halogens is 1. The minimum Gasteiger partial charge on any atom is -0.465 e. The highest BCUT2D eigenvalue weighted by Gasteiger charge is 2.29. The molecule has 2 rings (SSSR count). The number of rotatable bonds is 6. The number of benzene rings is 2. The highest BCUT2D eigenvalue weighted by molar-refractivity contribution is 7.89. The summed E-state index contributed by atoms with van der Waals surface area (Å²) in [7, 11) is -3.95. The Morgan fingerprint density at radius 2 is 1.80 bits per heavy atom. The zero-order valence-electron chi connectivity index (χ0n) is 14.2. The molecule has 0 heterocycles. The van der Waals surface area contributed by atoms with Crippen LogP contribution in [0, 0.1) is 13.8 Å². The van der Waals surface area contributed by atoms with Crippen molar-refractivity contribution in [1.29, 1.82) is 0 Å². The van der Waals surface area contributed by atoms with Crippen molar-refractivity contribution in [2.45, 2.75) is 31.7 Å². The van der Waals surface area contributed by atoms with Gasteiger partial charge < -0.3 is 4.74 Å². The van der Waals surface area contributed by atoms with Crippen molar-refractivity contribution in [3.05, 3.63) is 64.2 Å². The third kappa shape index (κ3) is 4.60. The SMILES string of the molecule is CCOC(=O)C(NS(=O)(=O)c1cc(C)c(Cl)cc1C)c1ccccc1. The number of carbonyl (C=O) groups excluding carboxylic acids is 1. The van der Waals surface area contributed by atoms with Crippen molar-refractivity contribution < 1.29 is 17.9 Å². The van der Waals surface area contributed by atoms with Crippen LogP contribution in [0.25, 0.3) is 0 Å². The Hall–Kier alpha value is -1.89. The molecule has 1 N–H and O–H groups in total. The molecule has 0 amide bonds. The van der Waals surface area contributed by atoms with Crippen LogP contribution in [0.5, 0.6) is 0 Å². The van der Waals surface area contributed by atoms with Crippen molar-refractivity contribution in [3.8, 4) is 0 Å². The first-order valence-electron chi connectivity index (χ1n) is 7.77. The summed E-state index contributed by atoms with van der Waals surface area (Å²) >= 11 is 6.04. The second kappa shape index (κ2) is 7.99. The van der Waals surface area contributed by atoms with Crippen LogP contribution in [0.4, 0.5) is 0 Å². The molecule has 7 heteroatoms. The van der Waals surface area contributed by atoms with Gasteiger partial charge in [-0.3, -0.25) is 0 Å². The van der Waals surface area contributed by atoms with E-state index in [1.165, 1.54) is 6.07 Å². The summed E-state index contributed by atoms with van der Waals surface area (Å²) in [5.74, 6) is -0.652. The summed E-state index contributed by atoms with van der Waals surface area (Å²) in [5.41, 5.74) is 1.65. The van der Waals surface area contributed by atoms with Gasteiger partial charge in [-0.2, -0.15) is 4.72 Å². The van der Waals surface area contributed by atoms with Crippen LogP contribution in [-0.4, -0.2) is 21.0 Å². The molecule has 1 atom stereocenters. The van der Waals surface area contributed by atoms with Gasteiger partial charge in [0.1, 0.15) is 6.04 Å². The maximum atomic E-state index is 12.8. The highest BCUT2D eigenvalue weighted by atomic mass is 35.5. The van der Waals surface area contributed by atoms with E-state index in [4.69, 9.17) is 16.3 Å². The number of esters is 1. The van der Waals surface area contributed by atoms with Gasteiger partial charge in [0.05, 0.1) is 11.5 Å². The Morgan fingerprint density at radius 3 is 2.40 bits per heavy atom. The van der Waals surface area contributed by atoms with Gasteiger partial charge in [-0.05, 0) is 49.6 Å². The molecule has 2 aromatic rings. The molecule has 0 saturated heterocycles. The first kappa shape index (κ1) is 19.4. The number of hydrogen-bond acceptors (Lipinski definition) is 4. The van der Waals surface area contributed by atoms with Crippen LogP contribution in [0.15, 0.2) is 47.4 Å². The fourth-order valence-corrected chi connectivity index (χ4v) is 4.09. The van der Waals surface area contributed by atoms with Crippen molar-refractivity contribution in [1.82, 2.24) is 4.72 Å². The quantitative estimate of drug-likeness (QED) is 0.777. The fraction of sp³-hybridized carbons (Fsp3) is 0.278. The minimum absolute atomic E-state index is 0.0830. The van der Waals surface area contributed by atoms with Crippen molar-refractivity contribution in [3.63, 3.8) is 0 Å². The molecule has 0 spiro atoms. The lowest BCUT2D eigenvalue weighted by molar-refractivity contribution is -0.145. The molecule has 0 bridgehead atoms. The Morgan fingerprint density at radius 1 is 1.16 bits per heavy atom. The first-order valence-corrected chi connectivity index (χ1v) is 9.63. The molecule has 0 saturated carbocycles. The summed E-state index contributed by atoms with van der Waals surface area (Å²) < 4.78 is 33.2. The first-order chi connectivity index (χ1) is 11.8. The maximum Gasteiger partial charge on any atom is 0.328 e. The molecule has 25 heavy (non-hydrogen) atoms. The molecule has 0 aliphatic rings. The van der Waals surface area contributed by atoms with Gasteiger partial charge in [0.15, 0.2) is 0 Å². The lowest BCUT2D eigenvalue weighted by atomic mass is 10.1. The van der Waals surface area contributed by atoms with Crippen molar-refractivity contribution >= 4 is 27.6 Å². The average Bonchev–Trinajstić information content (AvgIpc) is 2.57. The maximum absolute atomic E-state index is 12.8. The van der Waals surface area contributed by atoms with E-state index in [2.05, 4.69) is 4.72 Å². The van der Waals surface area contributed by atoms with E-state index in [9.17, 15) is 13.2 Å². The van der Waals surface area contributed by atoms with Crippen LogP contribution >= 0.6 is 11.6 Å². The largest absolute Gasteiger partial charge is 0.465 e. The predicted molar refractivity (Wildman–Crippen MR) is 97.1 cm³/mol. The Kier molecular flexibility index (Phi) is 6.21. The van der Waals surface area contributed by atoms with Crippen LogP contribution in [-0.2, 0) is 19.6 Å². The molecule has 0 fully saturated rings. The molecular weight excluding hydrogens is 362 g/mol. The van der Waals surface area contributed by atoms with E-state index in [0.717, 1.165) is 0 Å². The van der Waals surface area contributed by atoms with Crippen LogP contribution < -0.4 is 4.72 Å². The Labute approximate surface area is 153 Å². The van der Waals surface area contributed by atoms with Crippen LogP contribution in [0.1, 0.15) is 29.7 Å². The van der Waals surface area contributed by atoms with Gasteiger partial charge >= 0.3 is 5.97 Å². The van der Waals surface area contributed by atoms with E-state index in [-0.39, 0.29) is 11.5 Å². The van der Waals surface area contributed by atoms with Gasteiger partial charge in [0.2, 0.25) is 10.0 Å². The van der Waals surface area contributed by atoms with E-state index >= 15 is 0 Å². The summed E-state index contributed by atoms with van der Waals surface area (Å²) in [5, 5.41) is 0.487. The third-order valence-corrected chi connectivity index (χ3v) is 5.65. The van der Waals surface area contributed by atoms with Gasteiger partial charge in [0, 0.05) is 5.02 Å². The Bertz CT molecular complexity index is 866. The van der Waals surface area contributed by atoms with Crippen molar-refractivity contribution in [2.75, 3.05) is 6.61 Å². The zero-order chi connectivity index (χ0) is 18.6. The smallest absolute Gasteiger partial charge is 0.328 e. The molecule has 0 aliphatic carbocycles. The minimum atomic E-state index is -3.95. The van der Waals surface area contributed by atoms with Gasteiger partial charge in [-0.25, -0.2) is 13.2 Å². The molecule has 0 aliphatic heterocycles. The number of ether oxygens (including phenoxy) is 1. The average molecular weight is 382 g/mol. The number of sulfonamides is 1. The summed E-state index contributed by atoms with van der Waals surface area (Å²) in [6, 6.07) is 10.5. The monoisotopic (exact) mass is 381 g/mol. The topological polar surface area (TPSA) is 72.5 Å². The van der Waals surface area contributed by atoms with Crippen molar-refractivity contribution in [2.24, 2.45) is 0 Å². The lowest BCUT2D eigenvalue weighted by Gasteiger charge is -2.19. The molecule has 2 aromatic carbocycles. The predicted octanol–water partition coefficient (Wildman–Crippen LogP) is 3.54. The number of carbonyl (C=O) groups is 1. The lowest BCUT2D eigenvalue weighted by Crippen LogP contribution is -2.35. The number of hydrogen-bond donors (Lipinski definition) is 1. The number of aryl methyl sites for hydroxylation is 2. The molecular formula is C18H20ClNO4S. The molecule has 1 unspecified atom stereocenters. The van der Waals surface area contributed by atoms with Gasteiger partial charge in [0.25, 0.3) is 0 Å². The van der Waals surface area contributed by atoms with Gasteiger partial charge in [-0.15, -0.1) is 0 Å². The summed E-state index contributed by atoms with van der Waals surface area (Å²) in [6.07, 6.45) is 0. The standard InChI is InChI=1S/C18H20ClNO4S/c1-4-24-18(21)17(14-8-6-5-7-9-14)20-25(22,23)16-11-12(2)15(19)10-13(16)3/h5-11,17,20H,4H2,1-3H3. The Balaban J connectivity index is 2.44. The van der Waals surface area contributed by atoms with Crippen LogP contribution in [0.3, 0.4) is 0 Å². The van der Waals surface area contributed by atoms with E-state index < -0.39 is 22.0 Å². The van der Waals surface area contributed by atoms with E-state index in [0.29, 0.717) is 21.7 Å². The molecule has 5 nitrogen and oxygen atoms in total. The van der Waals surface area contributed by atoms with Gasteiger partial charge in [-0.1, -0.05) is 41.9 Å². The van der Waals surface area contributed by atoms with E-state index in [1.807, 2.05) is 0 Å². The third-order valence-electron chi connectivity index (χ3n) is 3.67. The zero-order valence-corrected chi connectivity index (χ0v) is 15.8. The summed E-state index contributed by atoms with van der Waals surface area (Å²) in [4.78, 5) is 12.4. The van der Waals surface area contributed by atoms with Crippen LogP contribution in [0.2, 0.25) is 5.02 Å². The summed E-state index contributed by atoms with van der Waals surface area (Å²) in [6.45, 7) is 5.20. The molecule has 134 valence electrons. The second-order valence-corrected chi connectivity index (χ2v) is 7.67. The molecule has 0 radical (unpaired) electrons. The number of nitrogens with one attached hydrogen (secondary N) is 1. The fourth-order valence-electron chi connectivity index (χ4n) is 2.39. The molecule has 0 aromatic heterocycles. The highest BCUT2D eigenvalue weighted by Crippen LogP contribution is 2.26.